The van der Waals surface area contributed by atoms with Crippen LogP contribution in [0.1, 0.15) is 70.7 Å². The molecule has 2 aromatic heterocycles. The fraction of sp³-hybridized carbons (Fsp3) is 0.409. The highest BCUT2D eigenvalue weighted by molar-refractivity contribution is 5.94. The number of nitrogens with zero attached hydrogens (tertiary/aromatic N) is 4. The van der Waals surface area contributed by atoms with Gasteiger partial charge in [0.15, 0.2) is 5.78 Å². The second kappa shape index (κ2) is 17.5. The van der Waals surface area contributed by atoms with Gasteiger partial charge in [-0.05, 0) is 64.3 Å². The first kappa shape index (κ1) is 41.3. The smallest absolute Gasteiger partial charge is 0.407 e. The summed E-state index contributed by atoms with van der Waals surface area (Å²) in [4.78, 5) is 71.2. The van der Waals surface area contributed by atoms with Gasteiger partial charge in [0.1, 0.15) is 17.7 Å². The third kappa shape index (κ3) is 8.77. The molecule has 59 heavy (non-hydrogen) atoms. The third-order valence-electron chi connectivity index (χ3n) is 11.3. The summed E-state index contributed by atoms with van der Waals surface area (Å²) < 4.78 is 9.67. The topological polar surface area (TPSA) is 195 Å². The van der Waals surface area contributed by atoms with Crippen LogP contribution in [-0.2, 0) is 23.9 Å². The van der Waals surface area contributed by atoms with Crippen molar-refractivity contribution >= 4 is 34.5 Å². The summed E-state index contributed by atoms with van der Waals surface area (Å²) in [7, 11) is 2.63. The van der Waals surface area contributed by atoms with E-state index in [0.717, 1.165) is 63.1 Å². The van der Waals surface area contributed by atoms with Gasteiger partial charge in [-0.15, -0.1) is 0 Å². The van der Waals surface area contributed by atoms with Crippen LogP contribution >= 0.6 is 0 Å². The highest BCUT2D eigenvalue weighted by Gasteiger charge is 2.41. The molecule has 4 heterocycles. The minimum absolute atomic E-state index is 0.0536. The Kier molecular flexibility index (Phi) is 12.3. The van der Waals surface area contributed by atoms with E-state index in [9.17, 15) is 24.3 Å². The lowest BCUT2D eigenvalue weighted by molar-refractivity contribution is -0.145. The number of fused-ring (bicyclic) bond motifs is 1. The van der Waals surface area contributed by atoms with Crippen LogP contribution in [0, 0.1) is 11.8 Å². The number of hydrogen-bond donors (Lipinski definition) is 5. The molecule has 3 aromatic carbocycles. The summed E-state index contributed by atoms with van der Waals surface area (Å²) in [6.45, 7) is 8.08. The summed E-state index contributed by atoms with van der Waals surface area (Å²) in [5.74, 6) is 0.442. The lowest BCUT2D eigenvalue weighted by Gasteiger charge is -2.31. The number of aromatic amines is 2. The van der Waals surface area contributed by atoms with Gasteiger partial charge in [-0.1, -0.05) is 76.2 Å². The Bertz CT molecular complexity index is 2320. The Hall–Kier alpha value is -5.90. The van der Waals surface area contributed by atoms with Crippen molar-refractivity contribution in [3.05, 3.63) is 84.7 Å². The van der Waals surface area contributed by atoms with Crippen molar-refractivity contribution in [2.45, 2.75) is 77.5 Å². The van der Waals surface area contributed by atoms with Crippen molar-refractivity contribution in [3.8, 4) is 33.6 Å². The SMILES string of the molecule is COC(=O)N[C@H](C(=O)N1CC(=O)C[C@H]1c1ncc(-c2ccc(-c3ccc4cc(-c5cnc([C@@H]6CCCN6C(=O)C(NC(O)OC)C(C)C)[nH]5)ccc4c3)cc2)[nH]1)C(C)C. The minimum atomic E-state index is -1.23. The van der Waals surface area contributed by atoms with Gasteiger partial charge in [0.2, 0.25) is 18.2 Å². The Morgan fingerprint density at radius 1 is 0.763 bits per heavy atom. The number of H-pyrrole nitrogens is 2. The van der Waals surface area contributed by atoms with Crippen LogP contribution in [0.5, 0.6) is 0 Å². The Balaban J connectivity index is 1.03. The van der Waals surface area contributed by atoms with Crippen molar-refractivity contribution in [2.24, 2.45) is 11.8 Å². The zero-order valence-electron chi connectivity index (χ0n) is 34.2. The van der Waals surface area contributed by atoms with Gasteiger partial charge >= 0.3 is 6.09 Å². The zero-order valence-corrected chi connectivity index (χ0v) is 34.2. The van der Waals surface area contributed by atoms with E-state index in [4.69, 9.17) is 14.5 Å². The molecular formula is C44H52N8O7. The van der Waals surface area contributed by atoms with Crippen molar-refractivity contribution < 1.29 is 33.8 Å². The van der Waals surface area contributed by atoms with Crippen LogP contribution in [0.4, 0.5) is 4.79 Å². The number of ether oxygens (including phenoxy) is 2. The van der Waals surface area contributed by atoms with E-state index in [1.165, 1.54) is 19.1 Å². The molecule has 15 nitrogen and oxygen atoms in total. The average Bonchev–Trinajstić information content (AvgIpc) is 4.08. The highest BCUT2D eigenvalue weighted by atomic mass is 16.6. The van der Waals surface area contributed by atoms with Crippen molar-refractivity contribution in [1.82, 2.24) is 40.4 Å². The predicted octanol–water partition coefficient (Wildman–Crippen LogP) is 5.71. The molecule has 15 heteroatoms. The number of ketones is 1. The molecule has 2 fully saturated rings. The van der Waals surface area contributed by atoms with Gasteiger partial charge in [0, 0.05) is 25.6 Å². The van der Waals surface area contributed by atoms with Crippen LogP contribution < -0.4 is 10.6 Å². The lowest BCUT2D eigenvalue weighted by Crippen LogP contribution is -2.52. The monoisotopic (exact) mass is 804 g/mol. The van der Waals surface area contributed by atoms with Crippen LogP contribution in [0.25, 0.3) is 44.4 Å². The van der Waals surface area contributed by atoms with E-state index < -0.39 is 30.6 Å². The van der Waals surface area contributed by atoms with Crippen molar-refractivity contribution in [2.75, 3.05) is 27.3 Å². The largest absolute Gasteiger partial charge is 0.453 e. The van der Waals surface area contributed by atoms with Crippen LogP contribution in [0.3, 0.4) is 0 Å². The molecule has 2 aliphatic rings. The molecule has 3 amide bonds. The first-order valence-electron chi connectivity index (χ1n) is 20.0. The fourth-order valence-electron chi connectivity index (χ4n) is 8.05. The predicted molar refractivity (Wildman–Crippen MR) is 221 cm³/mol. The van der Waals surface area contributed by atoms with E-state index in [2.05, 4.69) is 62.0 Å². The molecule has 5 aromatic rings. The quantitative estimate of drug-likeness (QED) is 0.0921. The van der Waals surface area contributed by atoms with E-state index >= 15 is 0 Å². The molecule has 0 radical (unpaired) electrons. The van der Waals surface area contributed by atoms with Crippen molar-refractivity contribution in [3.63, 3.8) is 0 Å². The molecule has 2 aliphatic heterocycles. The van der Waals surface area contributed by atoms with E-state index in [1.807, 2.05) is 63.1 Å². The number of alkyl carbamates (subject to hydrolysis) is 1. The molecule has 2 saturated heterocycles. The number of rotatable bonds is 13. The molecule has 0 spiro atoms. The van der Waals surface area contributed by atoms with Crippen LogP contribution in [0.15, 0.2) is 73.1 Å². The molecule has 310 valence electrons. The zero-order chi connectivity index (χ0) is 42.0. The number of amides is 3. The summed E-state index contributed by atoms with van der Waals surface area (Å²) in [5.41, 5.74) is 5.60. The Labute approximate surface area is 342 Å². The number of aromatic nitrogens is 4. The number of aliphatic hydroxyl groups excluding tert-OH is 1. The first-order chi connectivity index (χ1) is 28.3. The molecule has 0 saturated carbocycles. The standard InChI is InChI=1S/C44H52N8O7/c1-24(2)37(49-43(56)58-5)41(54)51-17-7-8-35(51)39-45-22-34(48-39)31-16-15-29-18-28(13-14-30(29)19-31)26-9-11-27(12-10-26)33-21-46-40(47-33)36-20-32(53)23-52(36)42(55)38(25(3)4)50-44(57)59-6/h9-16,18-19,21-22,24-25,35-38,43,49,56H,7-8,17,20,23H2,1-6H3,(H,45,48)(H,46,47)(H,50,57)/t35-,36-,37?,38-,43?/m0/s1. The molecule has 5 atom stereocenters. The van der Waals surface area contributed by atoms with Crippen LogP contribution in [-0.4, -0.2) is 104 Å². The number of hydrogen-bond acceptors (Lipinski definition) is 10. The van der Waals surface area contributed by atoms with Crippen LogP contribution in [0.2, 0.25) is 0 Å². The molecule has 2 unspecified atom stereocenters. The number of methoxy groups -OCH3 is 2. The number of benzene rings is 3. The number of likely N-dealkylation sites (tertiary alicyclic amines) is 2. The summed E-state index contributed by atoms with van der Waals surface area (Å²) >= 11 is 0. The maximum absolute atomic E-state index is 13.6. The number of Topliss-reactive ketones (excluding diaryl/α,β-unsaturated/α-hetero) is 1. The molecular weight excluding hydrogens is 753 g/mol. The second-order valence-electron chi connectivity index (χ2n) is 16.0. The molecule has 0 aliphatic carbocycles. The number of nitrogens with one attached hydrogen (secondary N) is 4. The minimum Gasteiger partial charge on any atom is -0.453 e. The fourth-order valence-corrected chi connectivity index (χ4v) is 8.05. The number of carbonyl (C=O) groups is 4. The third-order valence-corrected chi connectivity index (χ3v) is 11.3. The average molecular weight is 805 g/mol. The van der Waals surface area contributed by atoms with Gasteiger partial charge in [-0.3, -0.25) is 19.7 Å². The summed E-state index contributed by atoms with van der Waals surface area (Å²) in [5, 5.41) is 17.7. The molecule has 0 bridgehead atoms. The number of carbonyl (C=O) groups excluding carboxylic acids is 4. The summed E-state index contributed by atoms with van der Waals surface area (Å²) in [6, 6.07) is 18.5. The van der Waals surface area contributed by atoms with E-state index in [0.29, 0.717) is 12.4 Å². The van der Waals surface area contributed by atoms with Gasteiger partial charge < -0.3 is 39.7 Å². The van der Waals surface area contributed by atoms with Gasteiger partial charge in [-0.25, -0.2) is 14.8 Å². The Morgan fingerprint density at radius 3 is 1.95 bits per heavy atom. The molecule has 5 N–H and O–H groups in total. The maximum Gasteiger partial charge on any atom is 0.407 e. The summed E-state index contributed by atoms with van der Waals surface area (Å²) in [6.07, 6.45) is 3.37. The van der Waals surface area contributed by atoms with Crippen molar-refractivity contribution in [1.29, 1.82) is 0 Å². The lowest BCUT2D eigenvalue weighted by atomic mass is 9.98. The van der Waals surface area contributed by atoms with E-state index in [-0.39, 0.29) is 48.4 Å². The Morgan fingerprint density at radius 2 is 1.32 bits per heavy atom. The van der Waals surface area contributed by atoms with Gasteiger partial charge in [0.25, 0.3) is 0 Å². The highest BCUT2D eigenvalue weighted by Crippen LogP contribution is 2.35. The number of imidazole rings is 2. The first-order valence-corrected chi connectivity index (χ1v) is 20.0. The van der Waals surface area contributed by atoms with Gasteiger partial charge in [0.05, 0.1) is 55.6 Å². The molecule has 7 rings (SSSR count). The van der Waals surface area contributed by atoms with Gasteiger partial charge in [-0.2, -0.15) is 0 Å². The maximum atomic E-state index is 13.6. The number of aliphatic hydroxyl groups is 1. The second-order valence-corrected chi connectivity index (χ2v) is 16.0. The normalized spacial score (nSPS) is 18.5. The van der Waals surface area contributed by atoms with E-state index in [1.54, 1.807) is 6.20 Å².